The molecule has 23 heavy (non-hydrogen) atoms. The van der Waals surface area contributed by atoms with Crippen LogP contribution in [0.25, 0.3) is 0 Å². The van der Waals surface area contributed by atoms with E-state index in [1.54, 1.807) is 19.3 Å². The van der Waals surface area contributed by atoms with E-state index in [1.807, 2.05) is 12.2 Å². The molecule has 0 heterocycles. The number of ether oxygens (including phenoxy) is 2. The van der Waals surface area contributed by atoms with Crippen LogP contribution in [0.4, 0.5) is 0 Å². The van der Waals surface area contributed by atoms with Crippen molar-refractivity contribution in [1.29, 1.82) is 0 Å². The normalized spacial score (nSPS) is 22.7. The van der Waals surface area contributed by atoms with Crippen LogP contribution >= 0.6 is 11.6 Å². The minimum Gasteiger partial charge on any atom is -0.493 e. The zero-order valence-corrected chi connectivity index (χ0v) is 14.9. The van der Waals surface area contributed by atoms with E-state index < -0.39 is 9.84 Å². The highest BCUT2D eigenvalue weighted by Crippen LogP contribution is 2.27. The molecule has 6 heteroatoms. The van der Waals surface area contributed by atoms with E-state index in [0.29, 0.717) is 47.1 Å². The van der Waals surface area contributed by atoms with Crippen molar-refractivity contribution in [3.8, 4) is 0 Å². The first-order valence-electron chi connectivity index (χ1n) is 7.51. The van der Waals surface area contributed by atoms with E-state index >= 15 is 0 Å². The quantitative estimate of drug-likeness (QED) is 0.715. The molecule has 2 aliphatic rings. The number of hydrogen-bond acceptors (Lipinski definition) is 4. The summed E-state index contributed by atoms with van der Waals surface area (Å²) >= 11 is 6.05. The predicted octanol–water partition coefficient (Wildman–Crippen LogP) is 3.97. The van der Waals surface area contributed by atoms with Gasteiger partial charge in [0.05, 0.1) is 18.2 Å². The van der Waals surface area contributed by atoms with Crippen LogP contribution < -0.4 is 0 Å². The van der Waals surface area contributed by atoms with Gasteiger partial charge in [-0.1, -0.05) is 17.7 Å². The van der Waals surface area contributed by atoms with Crippen LogP contribution in [0.5, 0.6) is 0 Å². The van der Waals surface area contributed by atoms with Crippen LogP contribution in [-0.2, 0) is 19.3 Å². The van der Waals surface area contributed by atoms with Gasteiger partial charge in [0.1, 0.15) is 5.76 Å². The van der Waals surface area contributed by atoms with Crippen molar-refractivity contribution in [2.24, 2.45) is 0 Å². The van der Waals surface area contributed by atoms with Crippen LogP contribution in [0.2, 0.25) is 0 Å². The Labute approximate surface area is 142 Å². The molecule has 0 aromatic rings. The summed E-state index contributed by atoms with van der Waals surface area (Å²) < 4.78 is 34.8. The lowest BCUT2D eigenvalue weighted by molar-refractivity contribution is 0.0877. The maximum absolute atomic E-state index is 11.7. The smallest absolute Gasteiger partial charge is 0.171 e. The number of hydrogen-bond donors (Lipinski definition) is 0. The Morgan fingerprint density at radius 1 is 1.35 bits per heavy atom. The fourth-order valence-electron chi connectivity index (χ4n) is 2.55. The predicted molar refractivity (Wildman–Crippen MR) is 91.5 cm³/mol. The van der Waals surface area contributed by atoms with Crippen molar-refractivity contribution >= 4 is 21.4 Å². The van der Waals surface area contributed by atoms with Gasteiger partial charge in [-0.3, -0.25) is 0 Å². The van der Waals surface area contributed by atoms with Gasteiger partial charge in [-0.2, -0.15) is 0 Å². The zero-order valence-electron chi connectivity index (χ0n) is 13.3. The first kappa shape index (κ1) is 17.9. The third-order valence-electron chi connectivity index (χ3n) is 3.75. The van der Waals surface area contributed by atoms with Crippen molar-refractivity contribution < 1.29 is 17.9 Å². The molecule has 0 saturated heterocycles. The Kier molecular flexibility index (Phi) is 6.17. The summed E-state index contributed by atoms with van der Waals surface area (Å²) in [6.45, 7) is 0. The number of sulfone groups is 1. The summed E-state index contributed by atoms with van der Waals surface area (Å²) in [5.41, 5.74) is 2.98. The van der Waals surface area contributed by atoms with E-state index in [9.17, 15) is 8.42 Å². The van der Waals surface area contributed by atoms with Gasteiger partial charge in [-0.15, -0.1) is 5.73 Å². The highest BCUT2D eigenvalue weighted by atomic mass is 35.5. The molecule has 0 aromatic heterocycles. The van der Waals surface area contributed by atoms with Gasteiger partial charge in [0.2, 0.25) is 0 Å². The molecule has 4 nitrogen and oxygen atoms in total. The average molecular weight is 357 g/mol. The number of allylic oxidation sites excluding steroid dienone is 5. The van der Waals surface area contributed by atoms with Gasteiger partial charge < -0.3 is 9.47 Å². The molecule has 1 unspecified atom stereocenters. The molecular formula is C17H21ClO4S. The molecule has 0 radical (unpaired) electrons. The first-order valence-corrected chi connectivity index (χ1v) is 9.78. The lowest BCUT2D eigenvalue weighted by Gasteiger charge is -2.21. The molecule has 1 atom stereocenters. The van der Waals surface area contributed by atoms with E-state index in [4.69, 9.17) is 21.1 Å². The Morgan fingerprint density at radius 3 is 2.83 bits per heavy atom. The Morgan fingerprint density at radius 2 is 2.13 bits per heavy atom. The van der Waals surface area contributed by atoms with Gasteiger partial charge in [0.15, 0.2) is 15.6 Å². The largest absolute Gasteiger partial charge is 0.493 e. The second kappa shape index (κ2) is 7.91. The maximum Gasteiger partial charge on any atom is 0.171 e. The highest BCUT2D eigenvalue weighted by Gasteiger charge is 2.21. The van der Waals surface area contributed by atoms with Crippen LogP contribution in [0.15, 0.2) is 51.5 Å². The number of halogens is 1. The van der Waals surface area contributed by atoms with Crippen LogP contribution in [-0.4, -0.2) is 27.9 Å². The summed E-state index contributed by atoms with van der Waals surface area (Å²) in [6, 6.07) is 0. The summed E-state index contributed by atoms with van der Waals surface area (Å²) in [4.78, 5) is 0.507. The average Bonchev–Trinajstić information content (AvgIpc) is 2.71. The van der Waals surface area contributed by atoms with Gasteiger partial charge in [-0.25, -0.2) is 8.42 Å². The minimum atomic E-state index is -3.12. The molecule has 126 valence electrons. The topological polar surface area (TPSA) is 52.6 Å². The zero-order chi connectivity index (χ0) is 16.9. The second-order valence-corrected chi connectivity index (χ2v) is 8.04. The van der Waals surface area contributed by atoms with Crippen LogP contribution in [0.3, 0.4) is 0 Å². The Bertz CT molecular complexity index is 707. The number of rotatable bonds is 4. The van der Waals surface area contributed by atoms with E-state index in [-0.39, 0.29) is 6.10 Å². The molecule has 2 aliphatic carbocycles. The SMILES string of the molecule is COC1=C(OC2CCC=C(S(C)(=O)=O)CC2)CC=C=CC(Cl)=C1. The fraction of sp³-hybridized carbons (Fsp3) is 0.471. The molecule has 0 fully saturated rings. The molecule has 2 rings (SSSR count). The van der Waals surface area contributed by atoms with Gasteiger partial charge in [-0.05, 0) is 37.8 Å². The summed E-state index contributed by atoms with van der Waals surface area (Å²) in [5.74, 6) is 1.28. The molecule has 0 spiro atoms. The van der Waals surface area contributed by atoms with E-state index in [0.717, 1.165) is 6.42 Å². The molecule has 0 aromatic carbocycles. The maximum atomic E-state index is 11.7. The monoisotopic (exact) mass is 356 g/mol. The van der Waals surface area contributed by atoms with Gasteiger partial charge in [0, 0.05) is 23.7 Å². The summed E-state index contributed by atoms with van der Waals surface area (Å²) in [7, 11) is -1.54. The molecule has 0 bridgehead atoms. The number of methoxy groups -OCH3 is 1. The Balaban J connectivity index is 2.11. The van der Waals surface area contributed by atoms with E-state index in [2.05, 4.69) is 5.73 Å². The second-order valence-electron chi connectivity index (χ2n) is 5.54. The molecule has 0 amide bonds. The lowest BCUT2D eigenvalue weighted by atomic mass is 10.1. The van der Waals surface area contributed by atoms with E-state index in [1.165, 1.54) is 6.26 Å². The third-order valence-corrected chi connectivity index (χ3v) is 5.29. The van der Waals surface area contributed by atoms with Gasteiger partial charge in [0.25, 0.3) is 0 Å². The standard InChI is InChI=1S/C17H21ClO4S/c1-21-17-12-13(18)6-3-4-9-16(17)22-14-7-5-8-15(11-10-14)23(2,19)20/h4,6,8,12,14H,5,7,9-11H2,1-2H3. The van der Waals surface area contributed by atoms with Crippen molar-refractivity contribution in [3.63, 3.8) is 0 Å². The molecule has 0 saturated carbocycles. The summed E-state index contributed by atoms with van der Waals surface area (Å²) in [6.07, 6.45) is 11.4. The minimum absolute atomic E-state index is 0.0466. The summed E-state index contributed by atoms with van der Waals surface area (Å²) in [5, 5.41) is 0.515. The first-order chi connectivity index (χ1) is 10.9. The molecule has 0 aliphatic heterocycles. The fourth-order valence-corrected chi connectivity index (χ4v) is 3.62. The molecular weight excluding hydrogens is 336 g/mol. The van der Waals surface area contributed by atoms with Gasteiger partial charge >= 0.3 is 0 Å². The lowest BCUT2D eigenvalue weighted by Crippen LogP contribution is -2.14. The highest BCUT2D eigenvalue weighted by molar-refractivity contribution is 7.94. The van der Waals surface area contributed by atoms with Crippen molar-refractivity contribution in [1.82, 2.24) is 0 Å². The van der Waals surface area contributed by atoms with Crippen molar-refractivity contribution in [2.75, 3.05) is 13.4 Å². The van der Waals surface area contributed by atoms with Crippen LogP contribution in [0.1, 0.15) is 32.1 Å². The Hall–Kier alpha value is -1.42. The van der Waals surface area contributed by atoms with Crippen LogP contribution in [0, 0.1) is 0 Å². The molecule has 0 N–H and O–H groups in total. The van der Waals surface area contributed by atoms with Crippen molar-refractivity contribution in [3.05, 3.63) is 51.5 Å². The third kappa shape index (κ3) is 5.31. The van der Waals surface area contributed by atoms with Crippen molar-refractivity contribution in [2.45, 2.75) is 38.2 Å².